The third-order valence-corrected chi connectivity index (χ3v) is 7.45. The van der Waals surface area contributed by atoms with Gasteiger partial charge in [0.2, 0.25) is 5.91 Å². The van der Waals surface area contributed by atoms with Gasteiger partial charge in [0, 0.05) is 69.8 Å². The summed E-state index contributed by atoms with van der Waals surface area (Å²) < 4.78 is 0. The molecule has 0 fully saturated rings. The average molecular weight is 533 g/mol. The highest BCUT2D eigenvalue weighted by atomic mass is 16.2. The molecule has 0 aliphatic carbocycles. The zero-order valence-electron chi connectivity index (χ0n) is 23.3. The molecule has 1 aliphatic rings. The lowest BCUT2D eigenvalue weighted by atomic mass is 10.0. The third-order valence-electron chi connectivity index (χ3n) is 7.45. The first kappa shape index (κ1) is 27.3. The first-order valence-electron chi connectivity index (χ1n) is 13.9. The molecule has 204 valence electrons. The largest absolute Gasteiger partial charge is 0.333 e. The van der Waals surface area contributed by atoms with Crippen LogP contribution in [0.4, 0.5) is 5.69 Å². The van der Waals surface area contributed by atoms with Gasteiger partial charge in [-0.1, -0.05) is 60.2 Å². The summed E-state index contributed by atoms with van der Waals surface area (Å²) in [5, 5.41) is 0. The number of hydrogen-bond acceptors (Lipinski definition) is 4. The van der Waals surface area contributed by atoms with Crippen molar-refractivity contribution in [1.82, 2.24) is 14.8 Å². The van der Waals surface area contributed by atoms with Crippen LogP contribution in [-0.2, 0) is 17.9 Å². The van der Waals surface area contributed by atoms with E-state index < -0.39 is 0 Å². The van der Waals surface area contributed by atoms with E-state index in [1.165, 1.54) is 5.56 Å². The Labute approximate surface area is 236 Å². The van der Waals surface area contributed by atoms with Crippen LogP contribution in [0, 0.1) is 6.92 Å². The number of rotatable bonds is 4. The highest BCUT2D eigenvalue weighted by Crippen LogP contribution is 2.30. The number of amides is 2. The Bertz CT molecular complexity index is 1460. The first-order chi connectivity index (χ1) is 19.5. The Morgan fingerprint density at radius 2 is 1.68 bits per heavy atom. The lowest BCUT2D eigenvalue weighted by Gasteiger charge is -2.28. The number of fused-ring (bicyclic) bond motifs is 1. The summed E-state index contributed by atoms with van der Waals surface area (Å²) in [6.45, 7) is 7.59. The highest BCUT2D eigenvalue weighted by Gasteiger charge is 2.24. The molecule has 4 aromatic rings. The predicted molar refractivity (Wildman–Crippen MR) is 160 cm³/mol. The van der Waals surface area contributed by atoms with Gasteiger partial charge < -0.3 is 9.80 Å². The summed E-state index contributed by atoms with van der Waals surface area (Å²) in [5.41, 5.74) is 6.79. The summed E-state index contributed by atoms with van der Waals surface area (Å²) in [6, 6.07) is 28.3. The molecule has 3 aromatic carbocycles. The summed E-state index contributed by atoms with van der Waals surface area (Å²) >= 11 is 0. The molecule has 2 heterocycles. The van der Waals surface area contributed by atoms with Crippen LogP contribution in [0.15, 0.2) is 97.3 Å². The molecule has 5 rings (SSSR count). The second-order valence-electron chi connectivity index (χ2n) is 10.5. The van der Waals surface area contributed by atoms with E-state index in [-0.39, 0.29) is 11.8 Å². The highest BCUT2D eigenvalue weighted by molar-refractivity contribution is 5.95. The van der Waals surface area contributed by atoms with E-state index in [9.17, 15) is 9.59 Å². The van der Waals surface area contributed by atoms with Crippen LogP contribution in [-0.4, -0.2) is 52.8 Å². The van der Waals surface area contributed by atoms with Gasteiger partial charge in [-0.25, -0.2) is 0 Å². The SMILES string of the molecule is CC(=O)N1CCCN(Cc2ccccc2)CCN(C(=O)c2cccc(C)c2)Cc2cc(-c3cccnc3)ccc21. The van der Waals surface area contributed by atoms with Gasteiger partial charge in [-0.3, -0.25) is 19.5 Å². The molecule has 0 atom stereocenters. The van der Waals surface area contributed by atoms with Crippen molar-refractivity contribution >= 4 is 17.5 Å². The van der Waals surface area contributed by atoms with Crippen molar-refractivity contribution in [3.05, 3.63) is 120 Å². The van der Waals surface area contributed by atoms with E-state index in [2.05, 4.69) is 40.2 Å². The number of pyridine rings is 1. The lowest BCUT2D eigenvalue weighted by molar-refractivity contribution is -0.116. The molecule has 0 saturated heterocycles. The zero-order valence-corrected chi connectivity index (χ0v) is 23.3. The fraction of sp³-hybridized carbons (Fsp3) is 0.265. The van der Waals surface area contributed by atoms with Crippen LogP contribution in [0.2, 0.25) is 0 Å². The Morgan fingerprint density at radius 3 is 2.42 bits per heavy atom. The average Bonchev–Trinajstić information content (AvgIpc) is 3.01. The van der Waals surface area contributed by atoms with Crippen molar-refractivity contribution < 1.29 is 9.59 Å². The van der Waals surface area contributed by atoms with Crippen LogP contribution in [0.25, 0.3) is 11.1 Å². The van der Waals surface area contributed by atoms with E-state index in [0.29, 0.717) is 25.2 Å². The third kappa shape index (κ3) is 6.64. The first-order valence-corrected chi connectivity index (χ1v) is 13.9. The van der Waals surface area contributed by atoms with Crippen LogP contribution in [0.1, 0.15) is 40.4 Å². The summed E-state index contributed by atoms with van der Waals surface area (Å²) in [7, 11) is 0. The topological polar surface area (TPSA) is 56.8 Å². The van der Waals surface area contributed by atoms with Gasteiger partial charge in [0.05, 0.1) is 0 Å². The fourth-order valence-electron chi connectivity index (χ4n) is 5.38. The minimum absolute atomic E-state index is 0.000736. The second-order valence-corrected chi connectivity index (χ2v) is 10.5. The van der Waals surface area contributed by atoms with Gasteiger partial charge >= 0.3 is 0 Å². The molecule has 1 aromatic heterocycles. The molecule has 0 bridgehead atoms. The second kappa shape index (κ2) is 12.7. The number of carbonyl (C=O) groups is 2. The van der Waals surface area contributed by atoms with Gasteiger partial charge in [0.1, 0.15) is 0 Å². The molecule has 0 N–H and O–H groups in total. The molecule has 1 aliphatic heterocycles. The van der Waals surface area contributed by atoms with Crippen molar-refractivity contribution in [1.29, 1.82) is 0 Å². The van der Waals surface area contributed by atoms with Crippen molar-refractivity contribution in [3.8, 4) is 11.1 Å². The number of aromatic nitrogens is 1. The van der Waals surface area contributed by atoms with E-state index in [4.69, 9.17) is 0 Å². The molecular weight excluding hydrogens is 496 g/mol. The number of aryl methyl sites for hydroxylation is 1. The normalized spacial score (nSPS) is 14.8. The Morgan fingerprint density at radius 1 is 0.825 bits per heavy atom. The minimum atomic E-state index is -0.00489. The van der Waals surface area contributed by atoms with Crippen LogP contribution >= 0.6 is 0 Å². The van der Waals surface area contributed by atoms with Crippen LogP contribution in [0.3, 0.4) is 0 Å². The zero-order chi connectivity index (χ0) is 27.9. The molecule has 6 heteroatoms. The molecule has 6 nitrogen and oxygen atoms in total. The van der Waals surface area contributed by atoms with Gasteiger partial charge in [-0.05, 0) is 65.9 Å². The van der Waals surface area contributed by atoms with Gasteiger partial charge in [-0.15, -0.1) is 0 Å². The Balaban J connectivity index is 1.54. The Hall–Kier alpha value is -4.29. The maximum absolute atomic E-state index is 14.0. The molecule has 0 spiro atoms. The molecule has 0 saturated carbocycles. The molecular formula is C34H36N4O2. The van der Waals surface area contributed by atoms with E-state index >= 15 is 0 Å². The monoisotopic (exact) mass is 532 g/mol. The van der Waals surface area contributed by atoms with Gasteiger partial charge in [-0.2, -0.15) is 0 Å². The number of carbonyl (C=O) groups excluding carboxylic acids is 2. The van der Waals surface area contributed by atoms with Crippen LogP contribution in [0.5, 0.6) is 0 Å². The standard InChI is InChI=1S/C34H36N4O2/c1-26-9-6-12-30(21-26)34(40)37-20-19-36(24-28-10-4-3-5-11-28)17-8-18-38(27(2)39)33-15-14-29(22-32(33)25-37)31-13-7-16-35-23-31/h3-7,9-16,21-23H,8,17-20,24-25H2,1-2H3. The summed E-state index contributed by atoms with van der Waals surface area (Å²) in [6.07, 6.45) is 4.43. The van der Waals surface area contributed by atoms with E-state index in [1.54, 1.807) is 13.1 Å². The maximum Gasteiger partial charge on any atom is 0.254 e. The maximum atomic E-state index is 14.0. The molecule has 40 heavy (non-hydrogen) atoms. The van der Waals surface area contributed by atoms with Gasteiger partial charge in [0.15, 0.2) is 0 Å². The summed E-state index contributed by atoms with van der Waals surface area (Å²) in [5.74, 6) is -0.00416. The quantitative estimate of drug-likeness (QED) is 0.326. The molecule has 2 amide bonds. The number of hydrogen-bond donors (Lipinski definition) is 0. The smallest absolute Gasteiger partial charge is 0.254 e. The lowest BCUT2D eigenvalue weighted by Crippen LogP contribution is -2.38. The number of nitrogens with zero attached hydrogens (tertiary/aromatic N) is 4. The molecule has 0 unspecified atom stereocenters. The van der Waals surface area contributed by atoms with Crippen molar-refractivity contribution in [3.63, 3.8) is 0 Å². The van der Waals surface area contributed by atoms with E-state index in [0.717, 1.165) is 54.0 Å². The Kier molecular flexibility index (Phi) is 8.67. The van der Waals surface area contributed by atoms with E-state index in [1.807, 2.05) is 77.5 Å². The minimum Gasteiger partial charge on any atom is -0.333 e. The number of anilines is 1. The predicted octanol–water partition coefficient (Wildman–Crippen LogP) is 5.96. The molecule has 0 radical (unpaired) electrons. The fourth-order valence-corrected chi connectivity index (χ4v) is 5.38. The van der Waals surface area contributed by atoms with Crippen LogP contribution < -0.4 is 4.90 Å². The summed E-state index contributed by atoms with van der Waals surface area (Å²) in [4.78, 5) is 37.4. The number of benzene rings is 3. The van der Waals surface area contributed by atoms with Crippen molar-refractivity contribution in [2.24, 2.45) is 0 Å². The van der Waals surface area contributed by atoms with Crippen molar-refractivity contribution in [2.45, 2.75) is 33.4 Å². The van der Waals surface area contributed by atoms with Gasteiger partial charge in [0.25, 0.3) is 5.91 Å². The van der Waals surface area contributed by atoms with Crippen molar-refractivity contribution in [2.75, 3.05) is 31.1 Å².